The first-order valence-electron chi connectivity index (χ1n) is 7.74. The third kappa shape index (κ3) is 2.93. The van der Waals surface area contributed by atoms with Crippen molar-refractivity contribution in [2.75, 3.05) is 0 Å². The summed E-state index contributed by atoms with van der Waals surface area (Å²) in [6.07, 6.45) is 5.18. The fourth-order valence-electron chi connectivity index (χ4n) is 3.22. The Labute approximate surface area is 131 Å². The van der Waals surface area contributed by atoms with Crippen molar-refractivity contribution in [2.45, 2.75) is 50.9 Å². The van der Waals surface area contributed by atoms with E-state index in [2.05, 4.69) is 54.1 Å². The molecule has 1 fully saturated rings. The Morgan fingerprint density at radius 2 is 1.81 bits per heavy atom. The molecule has 0 radical (unpaired) electrons. The number of hydrogen-bond donors (Lipinski definition) is 1. The van der Waals surface area contributed by atoms with Crippen molar-refractivity contribution >= 4 is 12.2 Å². The molecular weight excluding hydrogens is 276 g/mol. The minimum atomic E-state index is -0.163. The van der Waals surface area contributed by atoms with Gasteiger partial charge in [-0.25, -0.2) is 4.98 Å². The lowest BCUT2D eigenvalue weighted by Gasteiger charge is -2.25. The van der Waals surface area contributed by atoms with E-state index in [-0.39, 0.29) is 5.41 Å². The lowest BCUT2D eigenvalue weighted by atomic mass is 9.83. The predicted molar refractivity (Wildman–Crippen MR) is 89.2 cm³/mol. The summed E-state index contributed by atoms with van der Waals surface area (Å²) in [4.78, 5) is 8.20. The Balaban J connectivity index is 2.03. The van der Waals surface area contributed by atoms with Crippen molar-refractivity contribution in [3.8, 4) is 0 Å². The van der Waals surface area contributed by atoms with E-state index < -0.39 is 0 Å². The molecule has 3 heteroatoms. The van der Waals surface area contributed by atoms with E-state index in [9.17, 15) is 0 Å². The molecule has 1 heterocycles. The Morgan fingerprint density at radius 3 is 2.48 bits per heavy atom. The van der Waals surface area contributed by atoms with Crippen LogP contribution in [0.4, 0.5) is 0 Å². The van der Waals surface area contributed by atoms with Gasteiger partial charge >= 0.3 is 0 Å². The SMILES string of the molecule is CC(C)(c1ccccc1)c1nc(=S)cc(C2CCCC2)[nH]1. The van der Waals surface area contributed by atoms with E-state index in [0.717, 1.165) is 5.82 Å². The monoisotopic (exact) mass is 298 g/mol. The number of H-pyrrole nitrogens is 1. The van der Waals surface area contributed by atoms with Crippen molar-refractivity contribution in [3.63, 3.8) is 0 Å². The number of benzene rings is 1. The zero-order valence-electron chi connectivity index (χ0n) is 12.7. The highest BCUT2D eigenvalue weighted by molar-refractivity contribution is 7.71. The highest BCUT2D eigenvalue weighted by Crippen LogP contribution is 2.35. The van der Waals surface area contributed by atoms with Gasteiger partial charge in [0.25, 0.3) is 0 Å². The molecule has 2 aromatic rings. The van der Waals surface area contributed by atoms with Crippen molar-refractivity contribution in [1.82, 2.24) is 9.97 Å². The third-order valence-corrected chi connectivity index (χ3v) is 4.86. The van der Waals surface area contributed by atoms with Crippen LogP contribution < -0.4 is 0 Å². The van der Waals surface area contributed by atoms with Gasteiger partial charge in [0.1, 0.15) is 10.5 Å². The zero-order valence-corrected chi connectivity index (χ0v) is 13.5. The fraction of sp³-hybridized carbons (Fsp3) is 0.444. The van der Waals surface area contributed by atoms with Gasteiger partial charge in [-0.05, 0) is 44.2 Å². The maximum atomic E-state index is 5.41. The summed E-state index contributed by atoms with van der Waals surface area (Å²) in [5, 5.41) is 0. The molecule has 2 nitrogen and oxygen atoms in total. The van der Waals surface area contributed by atoms with Gasteiger partial charge in [-0.15, -0.1) is 0 Å². The number of hydrogen-bond acceptors (Lipinski definition) is 2. The largest absolute Gasteiger partial charge is 0.346 e. The van der Waals surface area contributed by atoms with E-state index in [1.165, 1.54) is 36.9 Å². The summed E-state index contributed by atoms with van der Waals surface area (Å²) < 4.78 is 0.703. The van der Waals surface area contributed by atoms with Crippen LogP contribution in [0.1, 0.15) is 62.5 Å². The van der Waals surface area contributed by atoms with Crippen LogP contribution in [0, 0.1) is 4.64 Å². The molecule has 1 aromatic carbocycles. The van der Waals surface area contributed by atoms with Crippen LogP contribution >= 0.6 is 12.2 Å². The molecule has 0 saturated heterocycles. The summed E-state index contributed by atoms with van der Waals surface area (Å²) in [5.74, 6) is 1.60. The number of aromatic nitrogens is 2. The molecule has 1 aromatic heterocycles. The number of nitrogens with one attached hydrogen (secondary N) is 1. The van der Waals surface area contributed by atoms with Crippen molar-refractivity contribution < 1.29 is 0 Å². The Kier molecular flexibility index (Phi) is 3.94. The Hall–Kier alpha value is -1.48. The van der Waals surface area contributed by atoms with Gasteiger partial charge in [0, 0.05) is 11.1 Å². The van der Waals surface area contributed by atoms with Gasteiger partial charge in [0.15, 0.2) is 0 Å². The average Bonchev–Trinajstić information content (AvgIpc) is 3.02. The van der Waals surface area contributed by atoms with Crippen LogP contribution in [0.3, 0.4) is 0 Å². The molecule has 1 aliphatic rings. The van der Waals surface area contributed by atoms with Gasteiger partial charge < -0.3 is 4.98 Å². The first kappa shape index (κ1) is 14.5. The quantitative estimate of drug-likeness (QED) is 0.796. The molecule has 1 aliphatic carbocycles. The molecule has 0 atom stereocenters. The van der Waals surface area contributed by atoms with Crippen LogP contribution in [0.2, 0.25) is 0 Å². The van der Waals surface area contributed by atoms with Gasteiger partial charge in [0.05, 0.1) is 0 Å². The minimum Gasteiger partial charge on any atom is -0.346 e. The normalized spacial score (nSPS) is 16.3. The molecule has 1 saturated carbocycles. The number of aromatic amines is 1. The number of nitrogens with zero attached hydrogens (tertiary/aromatic N) is 1. The number of rotatable bonds is 3. The van der Waals surface area contributed by atoms with E-state index in [1.807, 2.05) is 6.07 Å². The maximum Gasteiger partial charge on any atom is 0.130 e. The standard InChI is InChI=1S/C18H22N2S/c1-18(2,14-10-4-3-5-11-14)17-19-15(12-16(21)20-17)13-8-6-7-9-13/h3-5,10-13H,6-9H2,1-2H3,(H,19,20,21). The molecule has 3 rings (SSSR count). The Bertz CT molecular complexity index is 667. The minimum absolute atomic E-state index is 0.163. The topological polar surface area (TPSA) is 28.7 Å². The van der Waals surface area contributed by atoms with Crippen LogP contribution in [-0.2, 0) is 5.41 Å². The second kappa shape index (κ2) is 5.72. The van der Waals surface area contributed by atoms with E-state index >= 15 is 0 Å². The lowest BCUT2D eigenvalue weighted by molar-refractivity contribution is 0.573. The van der Waals surface area contributed by atoms with Crippen LogP contribution in [0.25, 0.3) is 0 Å². The molecule has 0 bridgehead atoms. The summed E-state index contributed by atoms with van der Waals surface area (Å²) in [6, 6.07) is 12.6. The van der Waals surface area contributed by atoms with Gasteiger partial charge in [-0.2, -0.15) is 0 Å². The maximum absolute atomic E-state index is 5.41. The van der Waals surface area contributed by atoms with E-state index in [4.69, 9.17) is 12.2 Å². The predicted octanol–water partition coefficient (Wildman–Crippen LogP) is 5.12. The summed E-state index contributed by atoms with van der Waals surface area (Å²) in [5.41, 5.74) is 2.36. The molecule has 0 aliphatic heterocycles. The van der Waals surface area contributed by atoms with E-state index in [1.54, 1.807) is 0 Å². The molecule has 1 N–H and O–H groups in total. The van der Waals surface area contributed by atoms with Crippen molar-refractivity contribution in [3.05, 3.63) is 58.1 Å². The van der Waals surface area contributed by atoms with Gasteiger partial charge in [0.2, 0.25) is 0 Å². The zero-order chi connectivity index (χ0) is 14.9. The van der Waals surface area contributed by atoms with Gasteiger partial charge in [-0.1, -0.05) is 55.4 Å². The highest BCUT2D eigenvalue weighted by Gasteiger charge is 2.27. The first-order valence-corrected chi connectivity index (χ1v) is 8.15. The molecule has 110 valence electrons. The van der Waals surface area contributed by atoms with Crippen LogP contribution in [0.15, 0.2) is 36.4 Å². The molecule has 21 heavy (non-hydrogen) atoms. The second-order valence-electron chi connectivity index (χ2n) is 6.50. The first-order chi connectivity index (χ1) is 10.1. The molecular formula is C18H22N2S. The van der Waals surface area contributed by atoms with Crippen LogP contribution in [-0.4, -0.2) is 9.97 Å². The van der Waals surface area contributed by atoms with Crippen molar-refractivity contribution in [1.29, 1.82) is 0 Å². The van der Waals surface area contributed by atoms with Crippen LogP contribution in [0.5, 0.6) is 0 Å². The summed E-state index contributed by atoms with van der Waals surface area (Å²) in [7, 11) is 0. The Morgan fingerprint density at radius 1 is 1.14 bits per heavy atom. The smallest absolute Gasteiger partial charge is 0.130 e. The summed E-state index contributed by atoms with van der Waals surface area (Å²) in [6.45, 7) is 4.41. The second-order valence-corrected chi connectivity index (χ2v) is 6.91. The van der Waals surface area contributed by atoms with Gasteiger partial charge in [-0.3, -0.25) is 0 Å². The molecule has 0 unspecified atom stereocenters. The highest BCUT2D eigenvalue weighted by atomic mass is 32.1. The van der Waals surface area contributed by atoms with E-state index in [0.29, 0.717) is 10.6 Å². The molecule has 0 spiro atoms. The fourth-order valence-corrected chi connectivity index (χ4v) is 3.44. The average molecular weight is 298 g/mol. The lowest BCUT2D eigenvalue weighted by Crippen LogP contribution is -2.23. The van der Waals surface area contributed by atoms with Crippen molar-refractivity contribution in [2.24, 2.45) is 0 Å². The summed E-state index contributed by atoms with van der Waals surface area (Å²) >= 11 is 5.41. The molecule has 0 amide bonds. The third-order valence-electron chi connectivity index (χ3n) is 4.65.